The van der Waals surface area contributed by atoms with E-state index in [0.29, 0.717) is 68.6 Å². The van der Waals surface area contributed by atoms with E-state index in [0.717, 1.165) is 0 Å². The van der Waals surface area contributed by atoms with Crippen molar-refractivity contribution >= 4 is 23.4 Å². The molecule has 9 heteroatoms. The summed E-state index contributed by atoms with van der Waals surface area (Å²) in [5.74, 6) is 0.774. The summed E-state index contributed by atoms with van der Waals surface area (Å²) in [6.45, 7) is 2.72. The summed E-state index contributed by atoms with van der Waals surface area (Å²) in [5, 5.41) is 3.85. The molecule has 3 aliphatic rings. The third-order valence-electron chi connectivity index (χ3n) is 4.79. The molecule has 4 rings (SSSR count). The van der Waals surface area contributed by atoms with Crippen molar-refractivity contribution in [2.24, 2.45) is 5.10 Å². The molecule has 0 radical (unpaired) electrons. The van der Waals surface area contributed by atoms with Gasteiger partial charge in [0, 0.05) is 44.6 Å². The Labute approximate surface area is 155 Å². The highest BCUT2D eigenvalue weighted by Crippen LogP contribution is 2.31. The van der Waals surface area contributed by atoms with E-state index >= 15 is 0 Å². The molecule has 3 amide bonds. The van der Waals surface area contributed by atoms with Crippen molar-refractivity contribution in [3.63, 3.8) is 0 Å². The van der Waals surface area contributed by atoms with Crippen LogP contribution in [0.3, 0.4) is 0 Å². The first-order chi connectivity index (χ1) is 13.1. The minimum Gasteiger partial charge on any atom is -0.486 e. The van der Waals surface area contributed by atoms with E-state index in [1.807, 2.05) is 0 Å². The Bertz CT molecular complexity index is 814. The summed E-state index contributed by atoms with van der Waals surface area (Å²) in [4.78, 5) is 39.8. The van der Waals surface area contributed by atoms with Gasteiger partial charge in [-0.15, -0.1) is 0 Å². The van der Waals surface area contributed by atoms with Crippen molar-refractivity contribution in [3.8, 4) is 11.5 Å². The Morgan fingerprint density at radius 2 is 1.59 bits per heavy atom. The number of nitrogens with zero attached hydrogens (tertiary/aromatic N) is 3. The van der Waals surface area contributed by atoms with Gasteiger partial charge < -0.3 is 19.3 Å². The molecular formula is C18H20N4O5. The number of piperazine rings is 1. The molecule has 1 aromatic rings. The smallest absolute Gasteiger partial charge is 0.270 e. The Morgan fingerprint density at radius 1 is 0.926 bits per heavy atom. The minimum atomic E-state index is -0.179. The number of hydrogen-bond acceptors (Lipinski definition) is 6. The van der Waals surface area contributed by atoms with E-state index in [4.69, 9.17) is 9.47 Å². The van der Waals surface area contributed by atoms with Crippen LogP contribution in [0.25, 0.3) is 0 Å². The zero-order valence-electron chi connectivity index (χ0n) is 14.8. The van der Waals surface area contributed by atoms with Crippen LogP contribution in [-0.2, 0) is 9.59 Å². The lowest BCUT2D eigenvalue weighted by atomic mass is 10.1. The summed E-state index contributed by atoms with van der Waals surface area (Å²) in [6.07, 6.45) is 0.619. The first-order valence-electron chi connectivity index (χ1n) is 8.95. The lowest BCUT2D eigenvalue weighted by Crippen LogP contribution is -2.52. The zero-order chi connectivity index (χ0) is 18.8. The first kappa shape index (κ1) is 17.3. The van der Waals surface area contributed by atoms with Crippen molar-refractivity contribution in [1.82, 2.24) is 15.2 Å². The highest BCUT2D eigenvalue weighted by Gasteiger charge is 2.29. The van der Waals surface area contributed by atoms with Crippen LogP contribution in [0.4, 0.5) is 0 Å². The molecule has 3 aliphatic heterocycles. The highest BCUT2D eigenvalue weighted by molar-refractivity contribution is 6.39. The van der Waals surface area contributed by atoms with Gasteiger partial charge in [-0.2, -0.15) is 5.10 Å². The number of fused-ring (bicyclic) bond motifs is 1. The second-order valence-electron chi connectivity index (χ2n) is 6.54. The van der Waals surface area contributed by atoms with E-state index in [1.165, 1.54) is 0 Å². The lowest BCUT2D eigenvalue weighted by Gasteiger charge is -2.35. The van der Waals surface area contributed by atoms with Gasteiger partial charge in [-0.3, -0.25) is 14.4 Å². The topological polar surface area (TPSA) is 101 Å². The molecule has 142 valence electrons. The number of nitrogens with one attached hydrogen (secondary N) is 1. The maximum atomic E-state index is 12.8. The van der Waals surface area contributed by atoms with E-state index in [-0.39, 0.29) is 24.1 Å². The quantitative estimate of drug-likeness (QED) is 0.788. The standard InChI is InChI=1S/C18H20N4O5/c23-16-4-2-13(19-20-16)18(25)22-7-5-21(6-8-22)17(24)12-1-3-14-15(11-12)27-10-9-26-14/h1,3,11H,2,4-10H2,(H,20,23). The highest BCUT2D eigenvalue weighted by atomic mass is 16.6. The number of rotatable bonds is 2. The van der Waals surface area contributed by atoms with Crippen LogP contribution < -0.4 is 14.9 Å². The average molecular weight is 372 g/mol. The van der Waals surface area contributed by atoms with Gasteiger partial charge in [-0.25, -0.2) is 5.43 Å². The largest absolute Gasteiger partial charge is 0.486 e. The van der Waals surface area contributed by atoms with Crippen LogP contribution in [0.1, 0.15) is 23.2 Å². The molecular weight excluding hydrogens is 352 g/mol. The van der Waals surface area contributed by atoms with Gasteiger partial charge in [0.2, 0.25) is 5.91 Å². The molecule has 1 aromatic carbocycles. The maximum Gasteiger partial charge on any atom is 0.270 e. The van der Waals surface area contributed by atoms with E-state index in [9.17, 15) is 14.4 Å². The predicted molar refractivity (Wildman–Crippen MR) is 94.7 cm³/mol. The van der Waals surface area contributed by atoms with E-state index < -0.39 is 0 Å². The summed E-state index contributed by atoms with van der Waals surface area (Å²) < 4.78 is 11.0. The Morgan fingerprint density at radius 3 is 2.26 bits per heavy atom. The summed E-state index contributed by atoms with van der Waals surface area (Å²) in [6, 6.07) is 5.18. The van der Waals surface area contributed by atoms with Crippen LogP contribution in [-0.4, -0.2) is 72.6 Å². The first-order valence-corrected chi connectivity index (χ1v) is 8.95. The fraction of sp³-hybridized carbons (Fsp3) is 0.444. The third kappa shape index (κ3) is 3.57. The van der Waals surface area contributed by atoms with Crippen molar-refractivity contribution in [2.75, 3.05) is 39.4 Å². The second kappa shape index (κ2) is 7.26. The van der Waals surface area contributed by atoms with Crippen LogP contribution >= 0.6 is 0 Å². The number of hydrazone groups is 1. The number of amides is 3. The van der Waals surface area contributed by atoms with Gasteiger partial charge in [0.1, 0.15) is 18.9 Å². The summed E-state index contributed by atoms with van der Waals surface area (Å²) in [7, 11) is 0. The van der Waals surface area contributed by atoms with Crippen LogP contribution in [0.2, 0.25) is 0 Å². The molecule has 0 bridgehead atoms. The molecule has 1 N–H and O–H groups in total. The zero-order valence-corrected chi connectivity index (χ0v) is 14.8. The molecule has 1 fully saturated rings. The predicted octanol–water partition coefficient (Wildman–Crippen LogP) is 0.00820. The molecule has 1 saturated heterocycles. The molecule has 0 unspecified atom stereocenters. The normalized spacial score (nSPS) is 19.3. The summed E-state index contributed by atoms with van der Waals surface area (Å²) in [5.41, 5.74) is 3.24. The van der Waals surface area contributed by atoms with Crippen molar-refractivity contribution in [3.05, 3.63) is 23.8 Å². The number of benzene rings is 1. The Hall–Kier alpha value is -3.10. The number of hydrogen-bond donors (Lipinski definition) is 1. The molecule has 0 aromatic heterocycles. The average Bonchev–Trinajstić information content (AvgIpc) is 2.73. The monoisotopic (exact) mass is 372 g/mol. The van der Waals surface area contributed by atoms with Crippen LogP contribution in [0, 0.1) is 0 Å². The molecule has 0 atom stereocenters. The maximum absolute atomic E-state index is 12.8. The fourth-order valence-corrected chi connectivity index (χ4v) is 3.28. The van der Waals surface area contributed by atoms with Crippen molar-refractivity contribution in [2.45, 2.75) is 12.8 Å². The molecule has 0 spiro atoms. The van der Waals surface area contributed by atoms with Crippen molar-refractivity contribution < 1.29 is 23.9 Å². The van der Waals surface area contributed by atoms with Crippen molar-refractivity contribution in [1.29, 1.82) is 0 Å². The number of carbonyl (C=O) groups excluding carboxylic acids is 3. The fourth-order valence-electron chi connectivity index (χ4n) is 3.28. The molecule has 3 heterocycles. The van der Waals surface area contributed by atoms with Gasteiger partial charge in [0.15, 0.2) is 11.5 Å². The molecule has 0 saturated carbocycles. The minimum absolute atomic E-state index is 0.0960. The van der Waals surface area contributed by atoms with E-state index in [2.05, 4.69) is 10.5 Å². The number of ether oxygens (including phenoxy) is 2. The van der Waals surface area contributed by atoms with Gasteiger partial charge in [-0.1, -0.05) is 0 Å². The van der Waals surface area contributed by atoms with E-state index in [1.54, 1.807) is 28.0 Å². The molecule has 27 heavy (non-hydrogen) atoms. The SMILES string of the molecule is O=C1CCC(C(=O)N2CCN(C(=O)c3ccc4c(c3)OCCO4)CC2)=NN1. The van der Waals surface area contributed by atoms with Crippen LogP contribution in [0.5, 0.6) is 11.5 Å². The van der Waals surface area contributed by atoms with Gasteiger partial charge in [-0.05, 0) is 18.2 Å². The Kier molecular flexibility index (Phi) is 4.66. The molecule has 0 aliphatic carbocycles. The second-order valence-corrected chi connectivity index (χ2v) is 6.54. The van der Waals surface area contributed by atoms with Gasteiger partial charge >= 0.3 is 0 Å². The van der Waals surface area contributed by atoms with Gasteiger partial charge in [0.25, 0.3) is 11.8 Å². The third-order valence-corrected chi connectivity index (χ3v) is 4.79. The van der Waals surface area contributed by atoms with Crippen LogP contribution in [0.15, 0.2) is 23.3 Å². The lowest BCUT2D eigenvalue weighted by molar-refractivity contribution is -0.126. The summed E-state index contributed by atoms with van der Waals surface area (Å²) >= 11 is 0. The van der Waals surface area contributed by atoms with Gasteiger partial charge in [0.05, 0.1) is 0 Å². The number of carbonyl (C=O) groups is 3. The molecule has 9 nitrogen and oxygen atoms in total. The Balaban J connectivity index is 1.37.